The van der Waals surface area contributed by atoms with E-state index in [1.54, 1.807) is 16.9 Å². The van der Waals surface area contributed by atoms with Crippen molar-refractivity contribution in [3.05, 3.63) is 46.3 Å². The number of rotatable bonds is 4. The molecule has 2 bridgehead atoms. The SMILES string of the molecule is CC1(C)C(=CC=NNc2nc(-c3ccc(Cl)cc3)cs2)C2CCC1C2. The van der Waals surface area contributed by atoms with Crippen LogP contribution in [-0.4, -0.2) is 11.2 Å². The van der Waals surface area contributed by atoms with E-state index in [0.717, 1.165) is 33.2 Å². The van der Waals surface area contributed by atoms with Gasteiger partial charge in [-0.25, -0.2) is 4.98 Å². The van der Waals surface area contributed by atoms with Crippen LogP contribution in [0.15, 0.2) is 46.4 Å². The third-order valence-electron chi connectivity index (χ3n) is 5.77. The van der Waals surface area contributed by atoms with Crippen LogP contribution in [0.25, 0.3) is 11.3 Å². The topological polar surface area (TPSA) is 37.3 Å². The van der Waals surface area contributed by atoms with Crippen LogP contribution in [0.5, 0.6) is 0 Å². The molecule has 3 nitrogen and oxygen atoms in total. The summed E-state index contributed by atoms with van der Waals surface area (Å²) in [5.74, 6) is 1.62. The van der Waals surface area contributed by atoms with Gasteiger partial charge < -0.3 is 0 Å². The number of nitrogens with zero attached hydrogens (tertiary/aromatic N) is 2. The number of nitrogens with one attached hydrogen (secondary N) is 1. The number of hydrazone groups is 1. The Kier molecular flexibility index (Phi) is 4.42. The van der Waals surface area contributed by atoms with Crippen LogP contribution in [0.2, 0.25) is 5.02 Å². The number of hydrogen-bond donors (Lipinski definition) is 1. The summed E-state index contributed by atoms with van der Waals surface area (Å²) in [6.45, 7) is 4.76. The van der Waals surface area contributed by atoms with Gasteiger partial charge in [0.1, 0.15) is 0 Å². The molecule has 1 heterocycles. The summed E-state index contributed by atoms with van der Waals surface area (Å²) in [6.07, 6.45) is 8.19. The molecule has 1 aromatic heterocycles. The van der Waals surface area contributed by atoms with Crippen LogP contribution in [0.4, 0.5) is 5.13 Å². The molecule has 1 N–H and O–H groups in total. The van der Waals surface area contributed by atoms with Gasteiger partial charge in [0.15, 0.2) is 0 Å². The largest absolute Gasteiger partial charge is 0.253 e. The summed E-state index contributed by atoms with van der Waals surface area (Å²) in [7, 11) is 0. The van der Waals surface area contributed by atoms with Crippen molar-refractivity contribution in [1.29, 1.82) is 0 Å². The van der Waals surface area contributed by atoms with E-state index in [4.69, 9.17) is 11.6 Å². The van der Waals surface area contributed by atoms with E-state index < -0.39 is 0 Å². The Morgan fingerprint density at radius 1 is 1.28 bits per heavy atom. The van der Waals surface area contributed by atoms with E-state index in [1.807, 2.05) is 35.9 Å². The molecule has 0 spiro atoms. The lowest BCUT2D eigenvalue weighted by Crippen LogP contribution is -2.22. The Balaban J connectivity index is 1.41. The normalized spacial score (nSPS) is 26.0. The van der Waals surface area contributed by atoms with Crippen molar-refractivity contribution in [1.82, 2.24) is 4.98 Å². The standard InChI is InChI=1S/C20H22ClN3S/c1-20(2)15-6-3-14(11-15)17(20)9-10-22-24-19-23-18(12-25-19)13-4-7-16(21)8-5-13/h4-5,7-10,12,14-15H,3,6,11H2,1-2H3,(H,23,24). The highest BCUT2D eigenvalue weighted by Gasteiger charge is 2.48. The van der Waals surface area contributed by atoms with Gasteiger partial charge in [0, 0.05) is 22.2 Å². The van der Waals surface area contributed by atoms with E-state index >= 15 is 0 Å². The first-order valence-electron chi connectivity index (χ1n) is 8.75. The maximum absolute atomic E-state index is 5.93. The Morgan fingerprint density at radius 3 is 2.80 bits per heavy atom. The quantitative estimate of drug-likeness (QED) is 0.509. The molecule has 2 fully saturated rings. The van der Waals surface area contributed by atoms with E-state index in [2.05, 4.69) is 35.4 Å². The molecular formula is C20H22ClN3S. The summed E-state index contributed by atoms with van der Waals surface area (Å²) in [5, 5.41) is 7.91. The van der Waals surface area contributed by atoms with E-state index in [9.17, 15) is 0 Å². The number of halogens is 1. The molecule has 2 aliphatic carbocycles. The van der Waals surface area contributed by atoms with Gasteiger partial charge in [0.25, 0.3) is 0 Å². The van der Waals surface area contributed by atoms with Gasteiger partial charge in [-0.3, -0.25) is 5.43 Å². The molecule has 0 saturated heterocycles. The molecule has 2 aromatic rings. The number of thiazole rings is 1. The van der Waals surface area contributed by atoms with Crippen molar-refractivity contribution in [3.63, 3.8) is 0 Å². The first-order chi connectivity index (χ1) is 12.0. The third-order valence-corrected chi connectivity index (χ3v) is 6.77. The Hall–Kier alpha value is -1.65. The predicted molar refractivity (Wildman–Crippen MR) is 107 cm³/mol. The molecule has 2 unspecified atom stereocenters. The Morgan fingerprint density at radius 2 is 2.08 bits per heavy atom. The van der Waals surface area contributed by atoms with E-state index in [-0.39, 0.29) is 0 Å². The minimum absolute atomic E-state index is 0.331. The highest BCUT2D eigenvalue weighted by molar-refractivity contribution is 7.14. The monoisotopic (exact) mass is 371 g/mol. The first-order valence-corrected chi connectivity index (χ1v) is 10.0. The molecule has 2 aliphatic rings. The van der Waals surface area contributed by atoms with Gasteiger partial charge in [-0.1, -0.05) is 43.2 Å². The fourth-order valence-electron chi connectivity index (χ4n) is 4.32. The molecule has 1 aromatic carbocycles. The summed E-state index contributed by atoms with van der Waals surface area (Å²) in [5.41, 5.74) is 6.94. The van der Waals surface area contributed by atoms with Gasteiger partial charge in [0.2, 0.25) is 5.13 Å². The van der Waals surface area contributed by atoms with E-state index in [0.29, 0.717) is 5.41 Å². The maximum Gasteiger partial charge on any atom is 0.203 e. The fraction of sp³-hybridized carbons (Fsp3) is 0.400. The lowest BCUT2D eigenvalue weighted by atomic mass is 9.73. The number of aromatic nitrogens is 1. The number of allylic oxidation sites excluding steroid dienone is 2. The van der Waals surface area contributed by atoms with E-state index in [1.165, 1.54) is 19.3 Å². The van der Waals surface area contributed by atoms with Crippen molar-refractivity contribution in [2.24, 2.45) is 22.4 Å². The first kappa shape index (κ1) is 16.8. The maximum atomic E-state index is 5.93. The van der Waals surface area contributed by atoms with Crippen molar-refractivity contribution >= 4 is 34.3 Å². The van der Waals surface area contributed by atoms with Crippen molar-refractivity contribution in [3.8, 4) is 11.3 Å². The zero-order valence-electron chi connectivity index (χ0n) is 14.5. The molecule has 2 atom stereocenters. The predicted octanol–water partition coefficient (Wildman–Crippen LogP) is 6.24. The van der Waals surface area contributed by atoms with Crippen LogP contribution in [0, 0.1) is 17.3 Å². The van der Waals surface area contributed by atoms with Crippen LogP contribution >= 0.6 is 22.9 Å². The summed E-state index contributed by atoms with van der Waals surface area (Å²) >= 11 is 7.48. The average molecular weight is 372 g/mol. The third kappa shape index (κ3) is 3.25. The van der Waals surface area contributed by atoms with Crippen molar-refractivity contribution < 1.29 is 0 Å². The van der Waals surface area contributed by atoms with Gasteiger partial charge in [0.05, 0.1) is 5.69 Å². The highest BCUT2D eigenvalue weighted by Crippen LogP contribution is 2.58. The molecule has 130 valence electrons. The summed E-state index contributed by atoms with van der Waals surface area (Å²) in [6, 6.07) is 7.72. The lowest BCUT2D eigenvalue weighted by Gasteiger charge is -2.32. The lowest BCUT2D eigenvalue weighted by molar-refractivity contribution is 0.288. The van der Waals surface area contributed by atoms with Gasteiger partial charge in [-0.15, -0.1) is 11.3 Å². The second-order valence-corrected chi connectivity index (χ2v) is 8.78. The Labute approximate surface area is 157 Å². The van der Waals surface area contributed by atoms with Crippen LogP contribution in [0.3, 0.4) is 0 Å². The molecule has 4 rings (SSSR count). The van der Waals surface area contributed by atoms with Crippen LogP contribution < -0.4 is 5.43 Å². The molecule has 2 saturated carbocycles. The molecule has 0 aliphatic heterocycles. The molecule has 25 heavy (non-hydrogen) atoms. The summed E-state index contributed by atoms with van der Waals surface area (Å²) < 4.78 is 0. The fourth-order valence-corrected chi connectivity index (χ4v) is 5.12. The van der Waals surface area contributed by atoms with Crippen molar-refractivity contribution in [2.45, 2.75) is 33.1 Å². The van der Waals surface area contributed by atoms with Crippen LogP contribution in [-0.2, 0) is 0 Å². The number of benzene rings is 1. The van der Waals surface area contributed by atoms with Gasteiger partial charge >= 0.3 is 0 Å². The zero-order valence-corrected chi connectivity index (χ0v) is 16.1. The number of hydrogen-bond acceptors (Lipinski definition) is 4. The molecule has 5 heteroatoms. The molecule has 0 radical (unpaired) electrons. The second-order valence-electron chi connectivity index (χ2n) is 7.49. The Bertz CT molecular complexity index is 820. The summed E-state index contributed by atoms with van der Waals surface area (Å²) in [4.78, 5) is 4.58. The van der Waals surface area contributed by atoms with Crippen molar-refractivity contribution in [2.75, 3.05) is 5.43 Å². The molecular weight excluding hydrogens is 350 g/mol. The van der Waals surface area contributed by atoms with Gasteiger partial charge in [-0.05, 0) is 54.7 Å². The second kappa shape index (κ2) is 6.58. The molecule has 0 amide bonds. The minimum Gasteiger partial charge on any atom is -0.253 e. The average Bonchev–Trinajstić information content (AvgIpc) is 3.28. The van der Waals surface area contributed by atoms with Gasteiger partial charge in [-0.2, -0.15) is 5.10 Å². The highest BCUT2D eigenvalue weighted by atomic mass is 35.5. The smallest absolute Gasteiger partial charge is 0.203 e. The minimum atomic E-state index is 0.331. The van der Waals surface area contributed by atoms with Crippen LogP contribution in [0.1, 0.15) is 33.1 Å². The zero-order chi connectivity index (χ0) is 17.4. The number of fused-ring (bicyclic) bond motifs is 2. The number of anilines is 1.